The van der Waals surface area contributed by atoms with Gasteiger partial charge < -0.3 is 14.4 Å². The highest BCUT2D eigenvalue weighted by atomic mass is 19.1. The molecule has 0 aliphatic carbocycles. The fourth-order valence-corrected chi connectivity index (χ4v) is 2.58. The summed E-state index contributed by atoms with van der Waals surface area (Å²) in [5.74, 6) is 0.265. The predicted molar refractivity (Wildman–Crippen MR) is 97.5 cm³/mol. The molecule has 2 aromatic carbocycles. The lowest BCUT2D eigenvalue weighted by Crippen LogP contribution is -2.27. The molecule has 2 aromatic heterocycles. The lowest BCUT2D eigenvalue weighted by Gasteiger charge is -2.07. The Morgan fingerprint density at radius 3 is 2.50 bits per heavy atom. The van der Waals surface area contributed by atoms with Gasteiger partial charge in [0.1, 0.15) is 11.9 Å². The van der Waals surface area contributed by atoms with E-state index in [1.165, 1.54) is 18.2 Å². The molecule has 1 amide bonds. The summed E-state index contributed by atoms with van der Waals surface area (Å²) in [4.78, 5) is 16.7. The van der Waals surface area contributed by atoms with Crippen LogP contribution in [0.2, 0.25) is 0 Å². The number of carbonyl (C=O) groups excluding carboxylic acids is 1. The van der Waals surface area contributed by atoms with Crippen molar-refractivity contribution in [3.05, 3.63) is 78.1 Å². The van der Waals surface area contributed by atoms with E-state index in [0.29, 0.717) is 17.1 Å². The first-order valence-corrected chi connectivity index (χ1v) is 8.53. The number of amides is 1. The average molecular weight is 378 g/mol. The number of benzene rings is 2. The summed E-state index contributed by atoms with van der Waals surface area (Å²) in [6, 6.07) is 16.0. The van der Waals surface area contributed by atoms with Gasteiger partial charge in [0, 0.05) is 17.2 Å². The highest BCUT2D eigenvalue weighted by Gasteiger charge is 2.20. The van der Waals surface area contributed by atoms with Gasteiger partial charge in [-0.1, -0.05) is 40.6 Å². The second-order valence-corrected chi connectivity index (χ2v) is 6.10. The van der Waals surface area contributed by atoms with Crippen molar-refractivity contribution in [2.75, 3.05) is 0 Å². The number of halogens is 1. The molecule has 0 spiro atoms. The van der Waals surface area contributed by atoms with Crippen LogP contribution in [0.4, 0.5) is 4.39 Å². The van der Waals surface area contributed by atoms with Crippen molar-refractivity contribution in [1.82, 2.24) is 20.6 Å². The molecule has 7 nitrogen and oxygen atoms in total. The molecule has 1 atom stereocenters. The molecule has 0 fully saturated rings. The number of carbonyl (C=O) groups is 1. The number of nitrogens with one attached hydrogen (secondary N) is 1. The summed E-state index contributed by atoms with van der Waals surface area (Å²) in [5.41, 5.74) is 1.52. The molecule has 1 unspecified atom stereocenters. The second-order valence-electron chi connectivity index (χ2n) is 6.10. The van der Waals surface area contributed by atoms with Gasteiger partial charge in [-0.05, 0) is 31.2 Å². The Morgan fingerprint density at radius 1 is 1.00 bits per heavy atom. The Kier molecular flexibility index (Phi) is 4.67. The van der Waals surface area contributed by atoms with Gasteiger partial charge in [-0.3, -0.25) is 4.79 Å². The van der Waals surface area contributed by atoms with Crippen LogP contribution in [-0.4, -0.2) is 21.2 Å². The third kappa shape index (κ3) is 3.66. The van der Waals surface area contributed by atoms with Gasteiger partial charge in [-0.2, -0.15) is 4.98 Å². The summed E-state index contributed by atoms with van der Waals surface area (Å²) in [7, 11) is 0. The number of rotatable bonds is 5. The van der Waals surface area contributed by atoms with E-state index in [0.717, 1.165) is 5.56 Å². The summed E-state index contributed by atoms with van der Waals surface area (Å²) in [5, 5.41) is 10.4. The first-order chi connectivity index (χ1) is 13.6. The first-order valence-electron chi connectivity index (χ1n) is 8.53. The van der Waals surface area contributed by atoms with Crippen molar-refractivity contribution in [3.63, 3.8) is 0 Å². The molecule has 0 saturated carbocycles. The topological polar surface area (TPSA) is 94.1 Å². The minimum Gasteiger partial charge on any atom is -0.355 e. The van der Waals surface area contributed by atoms with Crippen LogP contribution in [0.25, 0.3) is 22.7 Å². The van der Waals surface area contributed by atoms with Crippen LogP contribution >= 0.6 is 0 Å². The summed E-state index contributed by atoms with van der Waals surface area (Å²) in [6.07, 6.45) is 0. The van der Waals surface area contributed by atoms with Gasteiger partial charge in [0.05, 0.1) is 0 Å². The normalized spacial score (nSPS) is 11.9. The van der Waals surface area contributed by atoms with E-state index in [2.05, 4.69) is 20.6 Å². The van der Waals surface area contributed by atoms with E-state index in [1.807, 2.05) is 30.3 Å². The molecule has 1 N–H and O–H groups in total. The van der Waals surface area contributed by atoms with Crippen molar-refractivity contribution in [2.24, 2.45) is 0 Å². The summed E-state index contributed by atoms with van der Waals surface area (Å²) in [6.45, 7) is 1.72. The van der Waals surface area contributed by atoms with Crippen LogP contribution in [0.3, 0.4) is 0 Å². The third-order valence-corrected chi connectivity index (χ3v) is 4.06. The standard InChI is InChI=1S/C20H15FN4O3/c1-12(20-23-18(25-28-20)14-5-3-2-4-6-14)22-19(26)16-11-17(27-24-16)13-7-9-15(21)10-8-13/h2-12H,1H3,(H,22,26). The zero-order valence-corrected chi connectivity index (χ0v) is 14.8. The van der Waals surface area contributed by atoms with Crippen molar-refractivity contribution in [3.8, 4) is 22.7 Å². The molecule has 8 heteroatoms. The van der Waals surface area contributed by atoms with Gasteiger partial charge in [0.2, 0.25) is 11.7 Å². The average Bonchev–Trinajstić information content (AvgIpc) is 3.39. The largest absolute Gasteiger partial charge is 0.355 e. The molecule has 0 aliphatic heterocycles. The SMILES string of the molecule is CC(NC(=O)c1cc(-c2ccc(F)cc2)on1)c1nc(-c2ccccc2)no1. The molecule has 0 bridgehead atoms. The molecule has 4 rings (SSSR count). The van der Waals surface area contributed by atoms with Crippen LogP contribution in [0.1, 0.15) is 29.3 Å². The maximum absolute atomic E-state index is 13.0. The lowest BCUT2D eigenvalue weighted by molar-refractivity contribution is 0.0923. The minimum absolute atomic E-state index is 0.0916. The highest BCUT2D eigenvalue weighted by Crippen LogP contribution is 2.22. The Morgan fingerprint density at radius 2 is 1.75 bits per heavy atom. The maximum atomic E-state index is 13.0. The van der Waals surface area contributed by atoms with E-state index in [1.54, 1.807) is 19.1 Å². The fourth-order valence-electron chi connectivity index (χ4n) is 2.58. The van der Waals surface area contributed by atoms with E-state index < -0.39 is 11.9 Å². The number of hydrogen-bond acceptors (Lipinski definition) is 6. The van der Waals surface area contributed by atoms with Crippen molar-refractivity contribution < 1.29 is 18.2 Å². The van der Waals surface area contributed by atoms with Crippen molar-refractivity contribution >= 4 is 5.91 Å². The van der Waals surface area contributed by atoms with Crippen LogP contribution in [-0.2, 0) is 0 Å². The third-order valence-electron chi connectivity index (χ3n) is 4.06. The Balaban J connectivity index is 1.45. The van der Waals surface area contributed by atoms with E-state index in [9.17, 15) is 9.18 Å². The van der Waals surface area contributed by atoms with Gasteiger partial charge >= 0.3 is 0 Å². The highest BCUT2D eigenvalue weighted by molar-refractivity contribution is 5.93. The second kappa shape index (κ2) is 7.43. The van der Waals surface area contributed by atoms with Gasteiger partial charge in [-0.25, -0.2) is 4.39 Å². The Labute approximate surface area is 159 Å². The molecule has 28 heavy (non-hydrogen) atoms. The van der Waals surface area contributed by atoms with Gasteiger partial charge in [0.15, 0.2) is 11.5 Å². The minimum atomic E-state index is -0.525. The smallest absolute Gasteiger partial charge is 0.274 e. The Hall–Kier alpha value is -3.81. The summed E-state index contributed by atoms with van der Waals surface area (Å²) < 4.78 is 23.4. The van der Waals surface area contributed by atoms with Crippen molar-refractivity contribution in [2.45, 2.75) is 13.0 Å². The molecule has 0 aliphatic rings. The molecule has 2 heterocycles. The zero-order chi connectivity index (χ0) is 19.5. The molecule has 140 valence electrons. The van der Waals surface area contributed by atoms with Crippen LogP contribution in [0.15, 0.2) is 69.7 Å². The number of aromatic nitrogens is 3. The fraction of sp³-hybridized carbons (Fsp3) is 0.100. The predicted octanol–water partition coefficient (Wildman–Crippen LogP) is 4.02. The monoisotopic (exact) mass is 378 g/mol. The zero-order valence-electron chi connectivity index (χ0n) is 14.8. The molecular formula is C20H15FN4O3. The molecular weight excluding hydrogens is 363 g/mol. The quantitative estimate of drug-likeness (QED) is 0.564. The van der Waals surface area contributed by atoms with E-state index >= 15 is 0 Å². The Bertz CT molecular complexity index is 1090. The first kappa shape index (κ1) is 17.6. The molecule has 0 saturated heterocycles. The van der Waals surface area contributed by atoms with Gasteiger partial charge in [0.25, 0.3) is 5.91 Å². The van der Waals surface area contributed by atoms with Crippen LogP contribution < -0.4 is 5.32 Å². The van der Waals surface area contributed by atoms with E-state index in [4.69, 9.17) is 9.05 Å². The molecule has 4 aromatic rings. The van der Waals surface area contributed by atoms with Crippen LogP contribution in [0, 0.1) is 5.82 Å². The molecule has 0 radical (unpaired) electrons. The lowest BCUT2D eigenvalue weighted by atomic mass is 10.1. The van der Waals surface area contributed by atoms with Crippen molar-refractivity contribution in [1.29, 1.82) is 0 Å². The summed E-state index contributed by atoms with van der Waals surface area (Å²) >= 11 is 0. The van der Waals surface area contributed by atoms with E-state index in [-0.39, 0.29) is 17.4 Å². The number of hydrogen-bond donors (Lipinski definition) is 1. The maximum Gasteiger partial charge on any atom is 0.274 e. The number of nitrogens with zero attached hydrogens (tertiary/aromatic N) is 3. The van der Waals surface area contributed by atoms with Gasteiger partial charge in [-0.15, -0.1) is 0 Å². The van der Waals surface area contributed by atoms with Crippen LogP contribution in [0.5, 0.6) is 0 Å².